The van der Waals surface area contributed by atoms with E-state index in [1.54, 1.807) is 0 Å². The molecule has 0 bridgehead atoms. The van der Waals surface area contributed by atoms with Gasteiger partial charge in [0, 0.05) is 31.2 Å². The standard InChI is InChI=1S/C20H26N2O/c1-2-23-20-10-6-5-9-18(20)15-21-11-12-22-19-13-16-7-3-4-8-17(16)14-19/h3-10,19,21-22H,2,11-15H2,1H3. The highest BCUT2D eigenvalue weighted by molar-refractivity contribution is 5.34. The van der Waals surface area contributed by atoms with E-state index in [9.17, 15) is 0 Å². The van der Waals surface area contributed by atoms with Gasteiger partial charge in [0.2, 0.25) is 0 Å². The molecule has 0 saturated carbocycles. The van der Waals surface area contributed by atoms with Gasteiger partial charge in [-0.15, -0.1) is 0 Å². The Kier molecular flexibility index (Phi) is 5.67. The fourth-order valence-corrected chi connectivity index (χ4v) is 3.24. The zero-order valence-electron chi connectivity index (χ0n) is 13.8. The van der Waals surface area contributed by atoms with Crippen LogP contribution in [0.2, 0.25) is 0 Å². The minimum Gasteiger partial charge on any atom is -0.494 e. The summed E-state index contributed by atoms with van der Waals surface area (Å²) in [5, 5.41) is 7.16. The van der Waals surface area contributed by atoms with Crippen molar-refractivity contribution in [3.8, 4) is 5.75 Å². The van der Waals surface area contributed by atoms with Gasteiger partial charge in [0.15, 0.2) is 0 Å². The summed E-state index contributed by atoms with van der Waals surface area (Å²) in [6, 6.07) is 17.6. The third kappa shape index (κ3) is 4.34. The fourth-order valence-electron chi connectivity index (χ4n) is 3.24. The Hall–Kier alpha value is -1.84. The maximum absolute atomic E-state index is 5.66. The van der Waals surface area contributed by atoms with Crippen molar-refractivity contribution in [2.45, 2.75) is 32.4 Å². The van der Waals surface area contributed by atoms with Crippen molar-refractivity contribution < 1.29 is 4.74 Å². The monoisotopic (exact) mass is 310 g/mol. The van der Waals surface area contributed by atoms with Crippen molar-refractivity contribution >= 4 is 0 Å². The van der Waals surface area contributed by atoms with Gasteiger partial charge in [-0.3, -0.25) is 0 Å². The van der Waals surface area contributed by atoms with Gasteiger partial charge in [0.05, 0.1) is 6.61 Å². The first-order valence-electron chi connectivity index (χ1n) is 8.58. The van der Waals surface area contributed by atoms with Crippen LogP contribution in [0.4, 0.5) is 0 Å². The van der Waals surface area contributed by atoms with E-state index in [-0.39, 0.29) is 0 Å². The average Bonchev–Trinajstić information content (AvgIpc) is 2.99. The van der Waals surface area contributed by atoms with Crippen molar-refractivity contribution in [2.75, 3.05) is 19.7 Å². The van der Waals surface area contributed by atoms with E-state index in [2.05, 4.69) is 47.0 Å². The molecular weight excluding hydrogens is 284 g/mol. The number of hydrogen-bond acceptors (Lipinski definition) is 3. The molecule has 23 heavy (non-hydrogen) atoms. The molecule has 0 amide bonds. The zero-order chi connectivity index (χ0) is 15.9. The molecule has 3 rings (SSSR count). The molecule has 2 aromatic rings. The van der Waals surface area contributed by atoms with Crippen molar-refractivity contribution in [3.63, 3.8) is 0 Å². The molecule has 0 fully saturated rings. The molecule has 2 N–H and O–H groups in total. The zero-order valence-corrected chi connectivity index (χ0v) is 13.8. The van der Waals surface area contributed by atoms with Gasteiger partial charge < -0.3 is 15.4 Å². The van der Waals surface area contributed by atoms with Crippen LogP contribution in [0.1, 0.15) is 23.6 Å². The van der Waals surface area contributed by atoms with Crippen molar-refractivity contribution in [1.82, 2.24) is 10.6 Å². The lowest BCUT2D eigenvalue weighted by Gasteiger charge is -2.13. The summed E-state index contributed by atoms with van der Waals surface area (Å²) in [6.07, 6.45) is 2.31. The quantitative estimate of drug-likeness (QED) is 0.736. The Bertz CT molecular complexity index is 602. The Morgan fingerprint density at radius 2 is 1.65 bits per heavy atom. The van der Waals surface area contributed by atoms with Crippen LogP contribution in [-0.2, 0) is 19.4 Å². The molecule has 3 heteroatoms. The third-order valence-corrected chi connectivity index (χ3v) is 4.37. The van der Waals surface area contributed by atoms with E-state index >= 15 is 0 Å². The van der Waals surface area contributed by atoms with Crippen molar-refractivity contribution in [1.29, 1.82) is 0 Å². The molecular formula is C20H26N2O. The van der Waals surface area contributed by atoms with Crippen LogP contribution in [0, 0.1) is 0 Å². The highest BCUT2D eigenvalue weighted by atomic mass is 16.5. The first kappa shape index (κ1) is 16.0. The van der Waals surface area contributed by atoms with E-state index in [1.165, 1.54) is 16.7 Å². The Balaban J connectivity index is 1.37. The summed E-state index contributed by atoms with van der Waals surface area (Å²) >= 11 is 0. The molecule has 0 unspecified atom stereocenters. The molecule has 122 valence electrons. The lowest BCUT2D eigenvalue weighted by atomic mass is 10.1. The van der Waals surface area contributed by atoms with Crippen LogP contribution < -0.4 is 15.4 Å². The molecule has 0 aromatic heterocycles. The highest BCUT2D eigenvalue weighted by Gasteiger charge is 2.19. The molecule has 1 aliphatic rings. The highest BCUT2D eigenvalue weighted by Crippen LogP contribution is 2.21. The normalized spacial score (nSPS) is 14.0. The molecule has 0 saturated heterocycles. The molecule has 0 spiro atoms. The van der Waals surface area contributed by atoms with Crippen LogP contribution in [0.3, 0.4) is 0 Å². The second kappa shape index (κ2) is 8.14. The van der Waals surface area contributed by atoms with E-state index in [0.29, 0.717) is 12.6 Å². The summed E-state index contributed by atoms with van der Waals surface area (Å²) < 4.78 is 5.66. The maximum Gasteiger partial charge on any atom is 0.123 e. The summed E-state index contributed by atoms with van der Waals surface area (Å²) in [5.41, 5.74) is 4.23. The van der Waals surface area contributed by atoms with E-state index < -0.39 is 0 Å². The number of benzene rings is 2. The van der Waals surface area contributed by atoms with Gasteiger partial charge in [-0.2, -0.15) is 0 Å². The van der Waals surface area contributed by atoms with Crippen LogP contribution in [0.15, 0.2) is 48.5 Å². The summed E-state index contributed by atoms with van der Waals surface area (Å²) in [7, 11) is 0. The first-order chi connectivity index (χ1) is 11.4. The minimum absolute atomic E-state index is 0.588. The molecule has 1 aliphatic carbocycles. The number of para-hydroxylation sites is 1. The summed E-state index contributed by atoms with van der Waals surface area (Å²) in [5.74, 6) is 0.988. The van der Waals surface area contributed by atoms with E-state index in [0.717, 1.165) is 38.2 Å². The van der Waals surface area contributed by atoms with E-state index in [1.807, 2.05) is 19.1 Å². The van der Waals surface area contributed by atoms with Crippen molar-refractivity contribution in [2.24, 2.45) is 0 Å². The predicted octanol–water partition coefficient (Wildman–Crippen LogP) is 2.93. The lowest BCUT2D eigenvalue weighted by Crippen LogP contribution is -2.35. The number of nitrogens with one attached hydrogen (secondary N) is 2. The number of rotatable bonds is 8. The second-order valence-corrected chi connectivity index (χ2v) is 6.05. The molecule has 0 radical (unpaired) electrons. The van der Waals surface area contributed by atoms with E-state index in [4.69, 9.17) is 4.74 Å². The van der Waals surface area contributed by atoms with Gasteiger partial charge in [-0.25, -0.2) is 0 Å². The third-order valence-electron chi connectivity index (χ3n) is 4.37. The molecule has 0 heterocycles. The Morgan fingerprint density at radius 1 is 0.957 bits per heavy atom. The fraction of sp³-hybridized carbons (Fsp3) is 0.400. The van der Waals surface area contributed by atoms with Gasteiger partial charge in [-0.1, -0.05) is 42.5 Å². The van der Waals surface area contributed by atoms with Gasteiger partial charge in [0.25, 0.3) is 0 Å². The van der Waals surface area contributed by atoms with Crippen molar-refractivity contribution in [3.05, 3.63) is 65.2 Å². The van der Waals surface area contributed by atoms with Crippen LogP contribution in [-0.4, -0.2) is 25.7 Å². The summed E-state index contributed by atoms with van der Waals surface area (Å²) in [6.45, 7) is 5.54. The maximum atomic E-state index is 5.66. The predicted molar refractivity (Wildman–Crippen MR) is 95.0 cm³/mol. The SMILES string of the molecule is CCOc1ccccc1CNCCNC1Cc2ccccc2C1. The largest absolute Gasteiger partial charge is 0.494 e. The van der Waals surface area contributed by atoms with Gasteiger partial charge in [-0.05, 0) is 37.0 Å². The van der Waals surface area contributed by atoms with Crippen LogP contribution in [0.5, 0.6) is 5.75 Å². The van der Waals surface area contributed by atoms with Gasteiger partial charge in [0.1, 0.15) is 5.75 Å². The summed E-state index contributed by atoms with van der Waals surface area (Å²) in [4.78, 5) is 0. The molecule has 2 aromatic carbocycles. The average molecular weight is 310 g/mol. The first-order valence-corrected chi connectivity index (χ1v) is 8.58. The number of fused-ring (bicyclic) bond motifs is 1. The van der Waals surface area contributed by atoms with Gasteiger partial charge >= 0.3 is 0 Å². The number of hydrogen-bond donors (Lipinski definition) is 2. The number of ether oxygens (including phenoxy) is 1. The molecule has 3 nitrogen and oxygen atoms in total. The minimum atomic E-state index is 0.588. The molecule has 0 aliphatic heterocycles. The molecule has 0 atom stereocenters. The smallest absolute Gasteiger partial charge is 0.123 e. The van der Waals surface area contributed by atoms with Crippen LogP contribution >= 0.6 is 0 Å². The van der Waals surface area contributed by atoms with Crippen LogP contribution in [0.25, 0.3) is 0 Å². The second-order valence-electron chi connectivity index (χ2n) is 6.05. The lowest BCUT2D eigenvalue weighted by molar-refractivity contribution is 0.335. The Morgan fingerprint density at radius 3 is 2.39 bits per heavy atom. The Labute approximate surface area is 139 Å². The topological polar surface area (TPSA) is 33.3 Å².